The number of hydrogen-bond acceptors (Lipinski definition) is 5. The number of aldehydes is 1. The van der Waals surface area contributed by atoms with Crippen LogP contribution in [0.15, 0.2) is 24.3 Å². The molecular weight excluding hydrogens is 236 g/mol. The average molecular weight is 248 g/mol. The zero-order chi connectivity index (χ0) is 13.2. The summed E-state index contributed by atoms with van der Waals surface area (Å²) in [5.74, 6) is 2.76. The summed E-state index contributed by atoms with van der Waals surface area (Å²) in [5.41, 5.74) is 0. The molecule has 1 rings (SSSR count). The van der Waals surface area contributed by atoms with Gasteiger partial charge in [-0.15, -0.1) is 0 Å². The van der Waals surface area contributed by atoms with Crippen molar-refractivity contribution in [3.63, 3.8) is 0 Å². The molecule has 1 aromatic rings. The van der Waals surface area contributed by atoms with Crippen molar-refractivity contribution in [2.45, 2.75) is 6.92 Å². The molecule has 0 aliphatic carbocycles. The molecule has 0 atom stereocenters. The first-order chi connectivity index (χ1) is 8.74. The predicted molar refractivity (Wildman–Crippen MR) is 63.0 cm³/mol. The first kappa shape index (κ1) is 13.7. The second kappa shape index (κ2) is 7.87. The number of benzene rings is 1. The summed E-state index contributed by atoms with van der Waals surface area (Å²) in [6, 6.07) is 6.67. The van der Waals surface area contributed by atoms with Crippen molar-refractivity contribution >= 4 is 12.3 Å². The Hall–Kier alpha value is -2.32. The van der Waals surface area contributed by atoms with Crippen molar-refractivity contribution in [3.8, 4) is 23.5 Å². The van der Waals surface area contributed by atoms with Crippen molar-refractivity contribution in [1.82, 2.24) is 0 Å². The molecule has 0 saturated heterocycles. The highest BCUT2D eigenvalue weighted by Crippen LogP contribution is 2.26. The molecule has 94 valence electrons. The smallest absolute Gasteiger partial charge is 0.308 e. The zero-order valence-corrected chi connectivity index (χ0v) is 9.84. The van der Waals surface area contributed by atoms with Crippen molar-refractivity contribution in [2.75, 3.05) is 13.2 Å². The molecule has 0 bridgehead atoms. The van der Waals surface area contributed by atoms with Crippen LogP contribution < -0.4 is 9.47 Å². The minimum Gasteiger partial charge on any atom is -0.423 e. The molecule has 5 heteroatoms. The van der Waals surface area contributed by atoms with E-state index in [-0.39, 0.29) is 13.2 Å². The molecule has 0 N–H and O–H groups in total. The summed E-state index contributed by atoms with van der Waals surface area (Å²) in [5, 5.41) is 0. The topological polar surface area (TPSA) is 61.8 Å². The molecule has 0 heterocycles. The molecule has 0 radical (unpaired) electrons. The van der Waals surface area contributed by atoms with Gasteiger partial charge in [-0.05, 0) is 18.1 Å². The van der Waals surface area contributed by atoms with E-state index in [1.165, 1.54) is 6.92 Å². The lowest BCUT2D eigenvalue weighted by Gasteiger charge is -2.05. The highest BCUT2D eigenvalue weighted by atomic mass is 16.6. The van der Waals surface area contributed by atoms with Crippen LogP contribution in [0, 0.1) is 12.0 Å². The Morgan fingerprint density at radius 1 is 1.33 bits per heavy atom. The first-order valence-electron chi connectivity index (χ1n) is 5.17. The van der Waals surface area contributed by atoms with Gasteiger partial charge in [0.2, 0.25) is 0 Å². The summed E-state index contributed by atoms with van der Waals surface area (Å²) in [6.07, 6.45) is 3.03. The Labute approximate surface area is 105 Å². The summed E-state index contributed by atoms with van der Waals surface area (Å²) in [7, 11) is 0. The molecule has 0 spiro atoms. The molecule has 0 saturated carbocycles. The maximum atomic E-state index is 10.8. The van der Waals surface area contributed by atoms with E-state index in [2.05, 4.69) is 12.0 Å². The van der Waals surface area contributed by atoms with Crippen LogP contribution in [-0.4, -0.2) is 25.5 Å². The van der Waals surface area contributed by atoms with Crippen molar-refractivity contribution < 1.29 is 23.8 Å². The van der Waals surface area contributed by atoms with Gasteiger partial charge in [0.15, 0.2) is 11.5 Å². The third-order valence-electron chi connectivity index (χ3n) is 1.70. The van der Waals surface area contributed by atoms with E-state index in [1.54, 1.807) is 24.3 Å². The molecule has 0 unspecified atom stereocenters. The quantitative estimate of drug-likeness (QED) is 0.257. The fraction of sp³-hybridized carbons (Fsp3) is 0.231. The largest absolute Gasteiger partial charge is 0.423 e. The Kier molecular flexibility index (Phi) is 6.01. The van der Waals surface area contributed by atoms with E-state index in [0.29, 0.717) is 17.8 Å². The summed E-state index contributed by atoms with van der Waals surface area (Å²) in [4.78, 5) is 20.8. The van der Waals surface area contributed by atoms with Gasteiger partial charge in [-0.3, -0.25) is 4.79 Å². The minimum atomic E-state index is -0.437. The van der Waals surface area contributed by atoms with Crippen LogP contribution in [-0.2, 0) is 14.3 Å². The van der Waals surface area contributed by atoms with Crippen molar-refractivity contribution in [1.29, 1.82) is 0 Å². The van der Waals surface area contributed by atoms with E-state index >= 15 is 0 Å². The van der Waals surface area contributed by atoms with Gasteiger partial charge in [-0.1, -0.05) is 12.1 Å². The van der Waals surface area contributed by atoms with Gasteiger partial charge in [0.25, 0.3) is 0 Å². The lowest BCUT2D eigenvalue weighted by Crippen LogP contribution is -2.02. The number of para-hydroxylation sites is 2. The number of esters is 1. The number of carbonyl (C=O) groups excluding carboxylic acids is 2. The van der Waals surface area contributed by atoms with E-state index in [4.69, 9.17) is 14.2 Å². The Morgan fingerprint density at radius 2 is 2.06 bits per heavy atom. The number of ether oxygens (including phenoxy) is 3. The van der Waals surface area contributed by atoms with Gasteiger partial charge >= 0.3 is 5.97 Å². The van der Waals surface area contributed by atoms with Crippen LogP contribution >= 0.6 is 0 Å². The molecule has 0 aliphatic rings. The van der Waals surface area contributed by atoms with E-state index in [0.717, 1.165) is 0 Å². The van der Waals surface area contributed by atoms with Crippen molar-refractivity contribution in [2.24, 2.45) is 0 Å². The molecule has 0 amide bonds. The van der Waals surface area contributed by atoms with Gasteiger partial charge in [-0.2, -0.15) is 0 Å². The first-order valence-corrected chi connectivity index (χ1v) is 5.17. The second-order valence-corrected chi connectivity index (χ2v) is 3.10. The third-order valence-corrected chi connectivity index (χ3v) is 1.70. The van der Waals surface area contributed by atoms with Crippen LogP contribution in [0.1, 0.15) is 6.92 Å². The predicted octanol–water partition coefficient (Wildman–Crippen LogP) is 1.17. The van der Waals surface area contributed by atoms with Gasteiger partial charge in [0, 0.05) is 6.92 Å². The van der Waals surface area contributed by atoms with Crippen LogP contribution in [0.4, 0.5) is 0 Å². The van der Waals surface area contributed by atoms with E-state index < -0.39 is 5.97 Å². The highest BCUT2D eigenvalue weighted by Gasteiger charge is 2.05. The van der Waals surface area contributed by atoms with Crippen LogP contribution in [0.2, 0.25) is 0 Å². The maximum Gasteiger partial charge on any atom is 0.308 e. The van der Waals surface area contributed by atoms with E-state index in [9.17, 15) is 9.59 Å². The van der Waals surface area contributed by atoms with Gasteiger partial charge in [0.05, 0.1) is 0 Å². The number of rotatable bonds is 5. The summed E-state index contributed by atoms with van der Waals surface area (Å²) in [6.45, 7) is 1.39. The second-order valence-electron chi connectivity index (χ2n) is 3.10. The van der Waals surface area contributed by atoms with Crippen LogP contribution in [0.5, 0.6) is 11.5 Å². The lowest BCUT2D eigenvalue weighted by molar-refractivity contribution is -0.132. The molecule has 18 heavy (non-hydrogen) atoms. The minimum absolute atomic E-state index is 0.00128. The number of carbonyl (C=O) groups is 2. The molecular formula is C13H12O5. The van der Waals surface area contributed by atoms with Crippen LogP contribution in [0.25, 0.3) is 0 Å². The van der Waals surface area contributed by atoms with Gasteiger partial charge in [0.1, 0.15) is 25.6 Å². The average Bonchev–Trinajstić information content (AvgIpc) is 2.35. The normalized spacial score (nSPS) is 8.94. The fourth-order valence-corrected chi connectivity index (χ4v) is 1.05. The molecule has 0 aliphatic heterocycles. The van der Waals surface area contributed by atoms with Gasteiger partial charge < -0.3 is 19.0 Å². The SMILES string of the molecule is CC(=O)Oc1ccccc1OC#CCOCC=O. The monoisotopic (exact) mass is 248 g/mol. The molecule has 5 nitrogen and oxygen atoms in total. The third kappa shape index (κ3) is 5.14. The van der Waals surface area contributed by atoms with Crippen LogP contribution in [0.3, 0.4) is 0 Å². The maximum absolute atomic E-state index is 10.8. The standard InChI is InChI=1S/C13H12O5/c1-11(15)18-13-6-3-2-5-12(13)17-9-4-8-16-10-7-14/h2-3,5-7H,8,10H2,1H3. The number of hydrogen-bond donors (Lipinski definition) is 0. The van der Waals surface area contributed by atoms with E-state index in [1.807, 2.05) is 0 Å². The summed E-state index contributed by atoms with van der Waals surface area (Å²) >= 11 is 0. The molecule has 1 aromatic carbocycles. The fourth-order valence-electron chi connectivity index (χ4n) is 1.05. The lowest BCUT2D eigenvalue weighted by atomic mass is 10.3. The Balaban J connectivity index is 2.55. The summed E-state index contributed by atoms with van der Waals surface area (Å²) < 4.78 is 14.9. The molecule has 0 aromatic heterocycles. The molecule has 0 fully saturated rings. The Bertz CT molecular complexity index is 470. The highest BCUT2D eigenvalue weighted by molar-refractivity contribution is 5.70. The van der Waals surface area contributed by atoms with Gasteiger partial charge in [-0.25, -0.2) is 0 Å². The van der Waals surface area contributed by atoms with Crippen molar-refractivity contribution in [3.05, 3.63) is 24.3 Å². The zero-order valence-electron chi connectivity index (χ0n) is 9.84. The Morgan fingerprint density at radius 3 is 2.72 bits per heavy atom.